The Balaban J connectivity index is 2.77. The van der Waals surface area contributed by atoms with Gasteiger partial charge < -0.3 is 14.3 Å². The molecule has 1 aromatic heterocycles. The van der Waals surface area contributed by atoms with Gasteiger partial charge in [-0.3, -0.25) is 0 Å². The summed E-state index contributed by atoms with van der Waals surface area (Å²) in [5.41, 5.74) is 0.629. The molecule has 1 heterocycles. The van der Waals surface area contributed by atoms with Crippen molar-refractivity contribution in [2.75, 3.05) is 7.11 Å². The molecule has 0 spiro atoms. The van der Waals surface area contributed by atoms with Crippen molar-refractivity contribution in [3.63, 3.8) is 0 Å². The van der Waals surface area contributed by atoms with E-state index < -0.39 is 5.97 Å². The lowest BCUT2D eigenvalue weighted by molar-refractivity contribution is 0.0696. The highest BCUT2D eigenvalue weighted by Crippen LogP contribution is 2.32. The highest BCUT2D eigenvalue weighted by atomic mass is 79.9. The van der Waals surface area contributed by atoms with E-state index in [1.165, 1.54) is 7.11 Å². The van der Waals surface area contributed by atoms with Gasteiger partial charge in [0.15, 0.2) is 4.67 Å². The van der Waals surface area contributed by atoms with Crippen LogP contribution in [0.25, 0.3) is 11.0 Å². The van der Waals surface area contributed by atoms with E-state index in [-0.39, 0.29) is 10.2 Å². The first-order chi connectivity index (χ1) is 7.13. The van der Waals surface area contributed by atoms with Crippen LogP contribution in [0.15, 0.2) is 27.3 Å². The fourth-order valence-electron chi connectivity index (χ4n) is 1.37. The van der Waals surface area contributed by atoms with Crippen LogP contribution in [0.2, 0.25) is 0 Å². The van der Waals surface area contributed by atoms with Crippen LogP contribution in [0, 0.1) is 0 Å². The maximum absolute atomic E-state index is 11.0. The summed E-state index contributed by atoms with van der Waals surface area (Å²) < 4.78 is 10.5. The third-order valence-corrected chi connectivity index (χ3v) is 2.62. The molecule has 0 saturated carbocycles. The normalized spacial score (nSPS) is 10.5. The van der Waals surface area contributed by atoms with E-state index in [9.17, 15) is 4.79 Å². The lowest BCUT2D eigenvalue weighted by atomic mass is 10.2. The summed E-state index contributed by atoms with van der Waals surface area (Å²) in [5.74, 6) is -0.438. The minimum Gasteiger partial charge on any atom is -0.497 e. The average molecular weight is 271 g/mol. The largest absolute Gasteiger partial charge is 0.497 e. The molecule has 4 nitrogen and oxygen atoms in total. The summed E-state index contributed by atoms with van der Waals surface area (Å²) in [6, 6.07) is 5.02. The summed E-state index contributed by atoms with van der Waals surface area (Å²) >= 11 is 3.07. The minimum atomic E-state index is -1.03. The second-order valence-electron chi connectivity index (χ2n) is 2.92. The zero-order valence-electron chi connectivity index (χ0n) is 7.78. The Morgan fingerprint density at radius 1 is 1.53 bits per heavy atom. The van der Waals surface area contributed by atoms with Gasteiger partial charge in [-0.15, -0.1) is 0 Å². The standard InChI is InChI=1S/C10H7BrO4/c1-14-5-2-3-7-6(4-5)8(10(12)13)9(11)15-7/h2-4H,1H3,(H,12,13). The molecule has 0 bridgehead atoms. The zero-order valence-corrected chi connectivity index (χ0v) is 9.37. The highest BCUT2D eigenvalue weighted by Gasteiger charge is 2.18. The van der Waals surface area contributed by atoms with E-state index in [0.717, 1.165) is 0 Å². The predicted octanol–water partition coefficient (Wildman–Crippen LogP) is 2.90. The Labute approximate surface area is 93.6 Å². The van der Waals surface area contributed by atoms with Crippen molar-refractivity contribution < 1.29 is 19.1 Å². The van der Waals surface area contributed by atoms with Crippen molar-refractivity contribution in [2.24, 2.45) is 0 Å². The monoisotopic (exact) mass is 270 g/mol. The smallest absolute Gasteiger partial charge is 0.340 e. The number of hydrogen-bond donors (Lipinski definition) is 1. The van der Waals surface area contributed by atoms with Gasteiger partial charge in [-0.1, -0.05) is 0 Å². The third-order valence-electron chi connectivity index (χ3n) is 2.07. The maximum Gasteiger partial charge on any atom is 0.340 e. The van der Waals surface area contributed by atoms with Gasteiger partial charge in [-0.05, 0) is 34.1 Å². The number of rotatable bonds is 2. The second-order valence-corrected chi connectivity index (χ2v) is 3.64. The molecule has 0 atom stereocenters. The Morgan fingerprint density at radius 3 is 2.87 bits per heavy atom. The molecular formula is C10H7BrO4. The van der Waals surface area contributed by atoms with Gasteiger partial charge in [0.25, 0.3) is 0 Å². The second kappa shape index (κ2) is 3.58. The van der Waals surface area contributed by atoms with Crippen molar-refractivity contribution in [2.45, 2.75) is 0 Å². The topological polar surface area (TPSA) is 59.7 Å². The van der Waals surface area contributed by atoms with E-state index in [2.05, 4.69) is 15.9 Å². The van der Waals surface area contributed by atoms with Gasteiger partial charge in [0, 0.05) is 5.39 Å². The Morgan fingerprint density at radius 2 is 2.27 bits per heavy atom. The van der Waals surface area contributed by atoms with E-state index in [4.69, 9.17) is 14.3 Å². The van der Waals surface area contributed by atoms with E-state index >= 15 is 0 Å². The number of fused-ring (bicyclic) bond motifs is 1. The number of carbonyl (C=O) groups is 1. The molecule has 1 N–H and O–H groups in total. The number of aromatic carboxylic acids is 1. The fraction of sp³-hybridized carbons (Fsp3) is 0.100. The quantitative estimate of drug-likeness (QED) is 0.912. The lowest BCUT2D eigenvalue weighted by Gasteiger charge is -1.98. The van der Waals surface area contributed by atoms with Gasteiger partial charge in [0.2, 0.25) is 0 Å². The summed E-state index contributed by atoms with van der Waals surface area (Å²) in [5, 5.41) is 9.51. The maximum atomic E-state index is 11.0. The molecule has 0 amide bonds. The molecule has 0 aliphatic rings. The number of halogens is 1. The summed E-state index contributed by atoms with van der Waals surface area (Å²) in [6.45, 7) is 0. The van der Waals surface area contributed by atoms with Crippen LogP contribution in [0.1, 0.15) is 10.4 Å². The van der Waals surface area contributed by atoms with Crippen molar-refractivity contribution in [3.8, 4) is 5.75 Å². The molecule has 0 fully saturated rings. The third kappa shape index (κ3) is 1.59. The number of ether oxygens (including phenoxy) is 1. The van der Waals surface area contributed by atoms with Crippen LogP contribution >= 0.6 is 15.9 Å². The average Bonchev–Trinajstić information content (AvgIpc) is 2.52. The Hall–Kier alpha value is -1.49. The molecule has 0 aliphatic carbocycles. The first kappa shape index (κ1) is 10.0. The number of carboxylic acid groups (broad SMARTS) is 1. The summed E-state index contributed by atoms with van der Waals surface area (Å²) in [4.78, 5) is 11.0. The Bertz CT molecular complexity index is 529. The summed E-state index contributed by atoms with van der Waals surface area (Å²) in [7, 11) is 1.52. The van der Waals surface area contributed by atoms with E-state index in [1.807, 2.05) is 0 Å². The van der Waals surface area contributed by atoms with E-state index in [1.54, 1.807) is 18.2 Å². The molecule has 0 radical (unpaired) electrons. The van der Waals surface area contributed by atoms with Crippen molar-refractivity contribution in [1.82, 2.24) is 0 Å². The number of hydrogen-bond acceptors (Lipinski definition) is 3. The molecule has 0 saturated heterocycles. The minimum absolute atomic E-state index is 0.115. The van der Waals surface area contributed by atoms with Crippen LogP contribution < -0.4 is 4.74 Å². The number of methoxy groups -OCH3 is 1. The fourth-order valence-corrected chi connectivity index (χ4v) is 1.93. The zero-order chi connectivity index (χ0) is 11.0. The van der Waals surface area contributed by atoms with E-state index in [0.29, 0.717) is 16.7 Å². The first-order valence-electron chi connectivity index (χ1n) is 4.13. The van der Waals surface area contributed by atoms with Crippen LogP contribution in [0.4, 0.5) is 0 Å². The number of carboxylic acids is 1. The van der Waals surface area contributed by atoms with Gasteiger partial charge in [-0.25, -0.2) is 4.79 Å². The molecule has 15 heavy (non-hydrogen) atoms. The molecule has 0 aliphatic heterocycles. The van der Waals surface area contributed by atoms with Crippen LogP contribution in [-0.4, -0.2) is 18.2 Å². The molecular weight excluding hydrogens is 264 g/mol. The molecule has 2 rings (SSSR count). The molecule has 5 heteroatoms. The SMILES string of the molecule is COc1ccc2oc(Br)c(C(=O)O)c2c1. The molecule has 2 aromatic rings. The molecule has 1 aromatic carbocycles. The van der Waals surface area contributed by atoms with Crippen LogP contribution in [-0.2, 0) is 0 Å². The van der Waals surface area contributed by atoms with Gasteiger partial charge in [0.1, 0.15) is 16.9 Å². The van der Waals surface area contributed by atoms with Gasteiger partial charge in [-0.2, -0.15) is 0 Å². The lowest BCUT2D eigenvalue weighted by Crippen LogP contribution is -1.95. The highest BCUT2D eigenvalue weighted by molar-refractivity contribution is 9.10. The molecule has 78 valence electrons. The summed E-state index contributed by atoms with van der Waals surface area (Å²) in [6.07, 6.45) is 0. The number of benzene rings is 1. The predicted molar refractivity (Wildman–Crippen MR) is 57.4 cm³/mol. The van der Waals surface area contributed by atoms with Gasteiger partial charge in [0.05, 0.1) is 7.11 Å². The number of furan rings is 1. The van der Waals surface area contributed by atoms with Crippen LogP contribution in [0.3, 0.4) is 0 Å². The van der Waals surface area contributed by atoms with Crippen molar-refractivity contribution in [1.29, 1.82) is 0 Å². The van der Waals surface area contributed by atoms with Gasteiger partial charge >= 0.3 is 5.97 Å². The first-order valence-corrected chi connectivity index (χ1v) is 4.92. The van der Waals surface area contributed by atoms with Crippen molar-refractivity contribution in [3.05, 3.63) is 28.4 Å². The Kier molecular flexibility index (Phi) is 2.40. The van der Waals surface area contributed by atoms with Crippen LogP contribution in [0.5, 0.6) is 5.75 Å². The van der Waals surface area contributed by atoms with Crippen molar-refractivity contribution >= 4 is 32.9 Å². The molecule has 0 unspecified atom stereocenters.